The fourth-order valence-electron chi connectivity index (χ4n) is 3.94. The Bertz CT molecular complexity index is 851. The van der Waals surface area contributed by atoms with Crippen LogP contribution in [0.1, 0.15) is 43.2 Å². The van der Waals surface area contributed by atoms with Gasteiger partial charge in [-0.25, -0.2) is 0 Å². The van der Waals surface area contributed by atoms with E-state index in [1.54, 1.807) is 0 Å². The molecule has 0 aromatic heterocycles. The predicted octanol–water partition coefficient (Wildman–Crippen LogP) is 5.99. The molecule has 0 atom stereocenters. The van der Waals surface area contributed by atoms with E-state index in [9.17, 15) is 4.79 Å². The smallest absolute Gasteiger partial charge is 0.255 e. The van der Waals surface area contributed by atoms with Crippen molar-refractivity contribution in [2.24, 2.45) is 5.92 Å². The molecule has 0 spiro atoms. The number of nitrogens with one attached hydrogen (secondary N) is 1. The van der Waals surface area contributed by atoms with Crippen LogP contribution in [-0.2, 0) is 11.2 Å². The van der Waals surface area contributed by atoms with Crippen LogP contribution in [0.4, 0.5) is 5.69 Å². The highest BCUT2D eigenvalue weighted by Crippen LogP contribution is 2.30. The summed E-state index contributed by atoms with van der Waals surface area (Å²) in [4.78, 5) is 12.6. The Morgan fingerprint density at radius 1 is 1.07 bits per heavy atom. The second kappa shape index (κ2) is 8.30. The fourth-order valence-corrected chi connectivity index (χ4v) is 4.32. The molecule has 3 nitrogen and oxygen atoms in total. The Labute approximate surface area is 168 Å². The maximum absolute atomic E-state index is 12.6. The summed E-state index contributed by atoms with van der Waals surface area (Å²) in [5, 5.41) is 2.99. The van der Waals surface area contributed by atoms with Gasteiger partial charge in [0, 0.05) is 15.7 Å². The van der Waals surface area contributed by atoms with E-state index in [0.717, 1.165) is 33.8 Å². The van der Waals surface area contributed by atoms with Gasteiger partial charge in [0.25, 0.3) is 5.91 Å². The normalized spacial score (nSPS) is 16.9. The highest BCUT2D eigenvalue weighted by Gasteiger charge is 2.18. The zero-order valence-corrected chi connectivity index (χ0v) is 16.9. The monoisotopic (exact) mass is 425 g/mol. The maximum atomic E-state index is 12.6. The van der Waals surface area contributed by atoms with Crippen molar-refractivity contribution in [2.45, 2.75) is 38.5 Å². The number of hydrogen-bond donors (Lipinski definition) is 1. The van der Waals surface area contributed by atoms with E-state index >= 15 is 0 Å². The molecule has 1 fully saturated rings. The highest BCUT2D eigenvalue weighted by atomic mass is 79.9. The lowest BCUT2D eigenvalue weighted by Crippen LogP contribution is -2.21. The lowest BCUT2D eigenvalue weighted by Gasteiger charge is -2.21. The molecule has 1 amide bonds. The Kier molecular flexibility index (Phi) is 5.63. The number of fused-ring (bicyclic) bond motifs is 1. The first-order valence-electron chi connectivity index (χ1n) is 9.70. The Hall–Kier alpha value is -2.07. The highest BCUT2D eigenvalue weighted by molar-refractivity contribution is 9.10. The largest absolute Gasteiger partial charge is 0.488 e. The van der Waals surface area contributed by atoms with Crippen molar-refractivity contribution in [3.8, 4) is 5.75 Å². The number of hydrogen-bond acceptors (Lipinski definition) is 2. The number of anilines is 1. The first kappa shape index (κ1) is 18.3. The van der Waals surface area contributed by atoms with Gasteiger partial charge in [-0.05, 0) is 54.3 Å². The van der Waals surface area contributed by atoms with E-state index in [0.29, 0.717) is 12.2 Å². The molecule has 2 aromatic carbocycles. The minimum atomic E-state index is -0.111. The van der Waals surface area contributed by atoms with E-state index in [-0.39, 0.29) is 5.91 Å². The number of halogens is 1. The second-order valence-electron chi connectivity index (χ2n) is 7.50. The molecular weight excluding hydrogens is 402 g/mol. The van der Waals surface area contributed by atoms with Crippen molar-refractivity contribution in [1.29, 1.82) is 0 Å². The summed E-state index contributed by atoms with van der Waals surface area (Å²) >= 11 is 3.46. The van der Waals surface area contributed by atoms with Crippen LogP contribution in [0.15, 0.2) is 52.5 Å². The number of amides is 1. The Morgan fingerprint density at radius 3 is 2.63 bits per heavy atom. The first-order valence-corrected chi connectivity index (χ1v) is 10.5. The molecule has 0 bridgehead atoms. The molecular formula is C23H24BrNO2. The molecule has 4 heteroatoms. The van der Waals surface area contributed by atoms with Crippen LogP contribution in [0.5, 0.6) is 5.75 Å². The number of carbonyl (C=O) groups is 1. The van der Waals surface area contributed by atoms with Gasteiger partial charge < -0.3 is 10.1 Å². The number of rotatable bonds is 4. The molecule has 0 unspecified atom stereocenters. The molecule has 1 saturated carbocycles. The van der Waals surface area contributed by atoms with Gasteiger partial charge in [0.1, 0.15) is 12.4 Å². The summed E-state index contributed by atoms with van der Waals surface area (Å²) in [5.41, 5.74) is 3.74. The summed E-state index contributed by atoms with van der Waals surface area (Å²) in [7, 11) is 0. The van der Waals surface area contributed by atoms with Crippen molar-refractivity contribution < 1.29 is 9.53 Å². The third kappa shape index (κ3) is 4.62. The van der Waals surface area contributed by atoms with Crippen LogP contribution < -0.4 is 10.1 Å². The molecule has 4 rings (SSSR count). The molecule has 140 valence electrons. The minimum absolute atomic E-state index is 0.111. The van der Waals surface area contributed by atoms with Gasteiger partial charge in [-0.2, -0.15) is 0 Å². The topological polar surface area (TPSA) is 38.3 Å². The van der Waals surface area contributed by atoms with E-state index in [1.165, 1.54) is 37.7 Å². The standard InChI is InChI=1S/C23H24BrNO2/c24-20-8-11-22-18(14-20)13-19(15-27-22)23(26)25-21-9-6-17(7-10-21)12-16-4-2-1-3-5-16/h6-11,13-14,16H,1-5,12,15H2,(H,25,26). The van der Waals surface area contributed by atoms with E-state index < -0.39 is 0 Å². The van der Waals surface area contributed by atoms with Crippen LogP contribution in [0, 0.1) is 5.92 Å². The molecule has 1 N–H and O–H groups in total. The summed E-state index contributed by atoms with van der Waals surface area (Å²) in [5.74, 6) is 1.52. The molecule has 27 heavy (non-hydrogen) atoms. The molecule has 0 radical (unpaired) electrons. The van der Waals surface area contributed by atoms with Gasteiger partial charge in [-0.15, -0.1) is 0 Å². The van der Waals surface area contributed by atoms with E-state index in [4.69, 9.17) is 4.74 Å². The third-order valence-electron chi connectivity index (χ3n) is 5.44. The molecule has 1 aliphatic carbocycles. The van der Waals surface area contributed by atoms with Gasteiger partial charge in [0.05, 0.1) is 5.57 Å². The number of carbonyl (C=O) groups excluding carboxylic acids is 1. The lowest BCUT2D eigenvalue weighted by molar-refractivity contribution is -0.113. The SMILES string of the molecule is O=C(Nc1ccc(CC2CCCCC2)cc1)C1=Cc2cc(Br)ccc2OC1. The number of benzene rings is 2. The molecule has 1 aliphatic heterocycles. The molecule has 0 saturated heterocycles. The van der Waals surface area contributed by atoms with Crippen LogP contribution in [0.25, 0.3) is 6.08 Å². The van der Waals surface area contributed by atoms with Crippen molar-refractivity contribution in [3.05, 3.63) is 63.6 Å². The zero-order valence-electron chi connectivity index (χ0n) is 15.3. The molecule has 1 heterocycles. The Morgan fingerprint density at radius 2 is 1.85 bits per heavy atom. The zero-order chi connectivity index (χ0) is 18.6. The summed E-state index contributed by atoms with van der Waals surface area (Å²) in [6, 6.07) is 14.1. The third-order valence-corrected chi connectivity index (χ3v) is 5.93. The van der Waals surface area contributed by atoms with Crippen molar-refractivity contribution in [2.75, 3.05) is 11.9 Å². The van der Waals surface area contributed by atoms with Crippen molar-refractivity contribution in [3.63, 3.8) is 0 Å². The average Bonchev–Trinajstić information content (AvgIpc) is 2.69. The fraction of sp³-hybridized carbons (Fsp3) is 0.348. The summed E-state index contributed by atoms with van der Waals surface area (Å²) in [6.45, 7) is 0.292. The summed E-state index contributed by atoms with van der Waals surface area (Å²) in [6.07, 6.45) is 9.89. The quantitative estimate of drug-likeness (QED) is 0.653. The van der Waals surface area contributed by atoms with E-state index in [2.05, 4.69) is 33.4 Å². The van der Waals surface area contributed by atoms with Crippen LogP contribution in [0.3, 0.4) is 0 Å². The van der Waals surface area contributed by atoms with Crippen LogP contribution >= 0.6 is 15.9 Å². The minimum Gasteiger partial charge on any atom is -0.488 e. The van der Waals surface area contributed by atoms with Crippen molar-refractivity contribution >= 4 is 33.6 Å². The van der Waals surface area contributed by atoms with Gasteiger partial charge in [-0.1, -0.05) is 60.2 Å². The van der Waals surface area contributed by atoms with E-state index in [1.807, 2.05) is 36.4 Å². The van der Waals surface area contributed by atoms with Gasteiger partial charge in [-0.3, -0.25) is 4.79 Å². The van der Waals surface area contributed by atoms with Crippen molar-refractivity contribution in [1.82, 2.24) is 0 Å². The van der Waals surface area contributed by atoms with Gasteiger partial charge in [0.2, 0.25) is 0 Å². The second-order valence-corrected chi connectivity index (χ2v) is 8.42. The number of ether oxygens (including phenoxy) is 1. The van der Waals surface area contributed by atoms with Crippen LogP contribution in [0.2, 0.25) is 0 Å². The maximum Gasteiger partial charge on any atom is 0.255 e. The molecule has 2 aliphatic rings. The van der Waals surface area contributed by atoms with Gasteiger partial charge >= 0.3 is 0 Å². The Balaban J connectivity index is 1.39. The first-order chi connectivity index (χ1) is 13.2. The lowest BCUT2D eigenvalue weighted by atomic mass is 9.85. The average molecular weight is 426 g/mol. The van der Waals surface area contributed by atoms with Gasteiger partial charge in [0.15, 0.2) is 0 Å². The van der Waals surface area contributed by atoms with Crippen LogP contribution in [-0.4, -0.2) is 12.5 Å². The summed E-state index contributed by atoms with van der Waals surface area (Å²) < 4.78 is 6.67. The predicted molar refractivity (Wildman–Crippen MR) is 113 cm³/mol. The molecule has 2 aromatic rings.